The van der Waals surface area contributed by atoms with Gasteiger partial charge in [0.05, 0.1) is 0 Å². The summed E-state index contributed by atoms with van der Waals surface area (Å²) in [5, 5.41) is 0. The van der Waals surface area contributed by atoms with Crippen molar-refractivity contribution >= 4 is 17.4 Å². The summed E-state index contributed by atoms with van der Waals surface area (Å²) < 4.78 is 0. The van der Waals surface area contributed by atoms with Gasteiger partial charge in [-0.3, -0.25) is 0 Å². The van der Waals surface area contributed by atoms with E-state index >= 15 is 0 Å². The molecule has 0 heterocycles. The predicted octanol–water partition coefficient (Wildman–Crippen LogP) is -6.96. The van der Waals surface area contributed by atoms with Crippen molar-refractivity contribution < 1.29 is 84.8 Å². The Morgan fingerprint density at radius 2 is 1.20 bits per heavy atom. The normalized spacial score (nSPS) is 0. The molecule has 0 aromatic rings. The average Bonchev–Trinajstić information content (AvgIpc) is 0. The Morgan fingerprint density at radius 3 is 1.20 bits per heavy atom. The van der Waals surface area contributed by atoms with Crippen LogP contribution in [0.2, 0.25) is 0 Å². The summed E-state index contributed by atoms with van der Waals surface area (Å²) in [6, 6.07) is 0. The van der Waals surface area contributed by atoms with E-state index in [9.17, 15) is 0 Å². The number of rotatable bonds is 0. The first kappa shape index (κ1) is 42.1. The summed E-state index contributed by atoms with van der Waals surface area (Å²) in [5.74, 6) is 0. The quantitative estimate of drug-likeness (QED) is 0.321. The molecule has 5 heavy (non-hydrogen) atoms. The molecule has 0 atom stereocenters. The fourth-order valence-electron chi connectivity index (χ4n) is 0. The molecule has 0 N–H and O–H groups in total. The largest absolute Gasteiger partial charge is 1.00 e. The minimum atomic E-state index is 0. The zero-order valence-corrected chi connectivity index (χ0v) is 6.86. The SMILES string of the molecule is [AlH3].[H-].[H-].[Li+].[Mn].[Na+].[Ni]. The number of hydrogen-bond donors (Lipinski definition) is 0. The van der Waals surface area contributed by atoms with Crippen molar-refractivity contribution in [3.05, 3.63) is 0 Å². The molecule has 0 aromatic heterocycles. The Bertz CT molecular complexity index is 17.7. The van der Waals surface area contributed by atoms with Crippen molar-refractivity contribution in [1.82, 2.24) is 0 Å². The molecule has 27 valence electrons. The maximum atomic E-state index is 0. The molecule has 5 heteroatoms. The van der Waals surface area contributed by atoms with E-state index in [0.29, 0.717) is 0 Å². The van der Waals surface area contributed by atoms with Gasteiger partial charge in [0, 0.05) is 33.6 Å². The van der Waals surface area contributed by atoms with Crippen LogP contribution in [-0.4, -0.2) is 17.4 Å². The molecule has 0 rings (SSSR count). The molecule has 0 aliphatic carbocycles. The van der Waals surface area contributed by atoms with Crippen LogP contribution in [0.4, 0.5) is 0 Å². The van der Waals surface area contributed by atoms with E-state index in [1.165, 1.54) is 0 Å². The first-order chi connectivity index (χ1) is 0. The van der Waals surface area contributed by atoms with E-state index in [2.05, 4.69) is 0 Å². The summed E-state index contributed by atoms with van der Waals surface area (Å²) in [5.41, 5.74) is 0. The molecule has 0 aliphatic rings. The van der Waals surface area contributed by atoms with Crippen molar-refractivity contribution in [3.8, 4) is 0 Å². The minimum absolute atomic E-state index is 0. The molecule has 0 bridgehead atoms. The molecule has 0 spiro atoms. The molecular weight excluding hydrogens is 171 g/mol. The summed E-state index contributed by atoms with van der Waals surface area (Å²) in [6.45, 7) is 0. The van der Waals surface area contributed by atoms with E-state index < -0.39 is 0 Å². The van der Waals surface area contributed by atoms with Crippen molar-refractivity contribution in [2.24, 2.45) is 0 Å². The second-order valence-electron chi connectivity index (χ2n) is 0. The Morgan fingerprint density at radius 1 is 1.20 bits per heavy atom. The van der Waals surface area contributed by atoms with Crippen LogP contribution in [0, 0.1) is 0 Å². The van der Waals surface area contributed by atoms with Gasteiger partial charge in [-0.2, -0.15) is 0 Å². The summed E-state index contributed by atoms with van der Waals surface area (Å²) in [7, 11) is 0. The van der Waals surface area contributed by atoms with Crippen LogP contribution in [-0.2, 0) is 33.6 Å². The van der Waals surface area contributed by atoms with Gasteiger partial charge >= 0.3 is 48.4 Å². The molecule has 0 aliphatic heterocycles. The van der Waals surface area contributed by atoms with E-state index in [1.807, 2.05) is 0 Å². The Hall–Kier alpha value is 3.14. The fraction of sp³-hybridized carbons (Fsp3) is 0. The van der Waals surface area contributed by atoms with Gasteiger partial charge in [-0.1, -0.05) is 0 Å². The fourth-order valence-corrected chi connectivity index (χ4v) is 0. The van der Waals surface area contributed by atoms with Gasteiger partial charge in [0.2, 0.25) is 0 Å². The Labute approximate surface area is 101 Å². The van der Waals surface area contributed by atoms with Crippen LogP contribution in [0.25, 0.3) is 0 Å². The maximum absolute atomic E-state index is 0. The van der Waals surface area contributed by atoms with Gasteiger partial charge < -0.3 is 2.85 Å². The van der Waals surface area contributed by atoms with Crippen LogP contribution < -0.4 is 48.4 Å². The molecule has 0 fully saturated rings. The summed E-state index contributed by atoms with van der Waals surface area (Å²) in [4.78, 5) is 0. The van der Waals surface area contributed by atoms with Crippen molar-refractivity contribution in [2.75, 3.05) is 0 Å². The van der Waals surface area contributed by atoms with Crippen molar-refractivity contribution in [2.45, 2.75) is 0 Å². The third-order valence-corrected chi connectivity index (χ3v) is 0. The summed E-state index contributed by atoms with van der Waals surface area (Å²) in [6.07, 6.45) is 0. The molecule has 1 radical (unpaired) electrons. The first-order valence-corrected chi connectivity index (χ1v) is 0. The van der Waals surface area contributed by atoms with E-state index in [-0.39, 0.29) is 102 Å². The predicted molar refractivity (Wildman–Crippen MR) is 12.2 cm³/mol. The van der Waals surface area contributed by atoms with Gasteiger partial charge in [-0.25, -0.2) is 0 Å². The van der Waals surface area contributed by atoms with Crippen molar-refractivity contribution in [3.63, 3.8) is 0 Å². The second-order valence-corrected chi connectivity index (χ2v) is 0. The molecule has 0 amide bonds. The monoisotopic (exact) mass is 175 g/mol. The van der Waals surface area contributed by atoms with Crippen LogP contribution in [0.5, 0.6) is 0 Å². The minimum Gasteiger partial charge on any atom is -1.00 e. The third-order valence-electron chi connectivity index (χ3n) is 0. The zero-order valence-electron chi connectivity index (χ0n) is 4.69. The van der Waals surface area contributed by atoms with Crippen LogP contribution in [0.15, 0.2) is 0 Å². The van der Waals surface area contributed by atoms with Crippen LogP contribution >= 0.6 is 0 Å². The molecule has 0 aromatic carbocycles. The number of hydrogen-bond acceptors (Lipinski definition) is 0. The van der Waals surface area contributed by atoms with Gasteiger partial charge in [-0.05, 0) is 0 Å². The van der Waals surface area contributed by atoms with Crippen molar-refractivity contribution in [1.29, 1.82) is 0 Å². The topological polar surface area (TPSA) is 0 Å². The molecule has 0 unspecified atom stereocenters. The standard InChI is InChI=1S/Al.Li.Mn.Na.Ni.5H/q;+1;;+1;;;;;2*-1. The van der Waals surface area contributed by atoms with Gasteiger partial charge in [-0.15, -0.1) is 0 Å². The zero-order chi connectivity index (χ0) is 0. The molecule has 0 saturated heterocycles. The first-order valence-electron chi connectivity index (χ1n) is 0. The van der Waals surface area contributed by atoms with E-state index in [1.54, 1.807) is 0 Å². The van der Waals surface area contributed by atoms with Gasteiger partial charge in [0.15, 0.2) is 17.4 Å². The Balaban J connectivity index is 0. The molecule has 0 nitrogen and oxygen atoms in total. The summed E-state index contributed by atoms with van der Waals surface area (Å²) >= 11 is 0. The van der Waals surface area contributed by atoms with Crippen LogP contribution in [0.3, 0.4) is 0 Å². The smallest absolute Gasteiger partial charge is 1.00 e. The van der Waals surface area contributed by atoms with E-state index in [4.69, 9.17) is 0 Å². The molecular formula is H5AlLiMnNaNi. The maximum Gasteiger partial charge on any atom is 1.00 e. The molecule has 0 saturated carbocycles. The average molecular weight is 176 g/mol. The Kier molecular flexibility index (Phi) is 230. The van der Waals surface area contributed by atoms with Gasteiger partial charge in [0.25, 0.3) is 0 Å². The van der Waals surface area contributed by atoms with E-state index in [0.717, 1.165) is 0 Å². The second kappa shape index (κ2) is 27.3. The third kappa shape index (κ3) is 19.1. The van der Waals surface area contributed by atoms with Crippen LogP contribution in [0.1, 0.15) is 2.85 Å². The van der Waals surface area contributed by atoms with Gasteiger partial charge in [0.1, 0.15) is 0 Å².